The minimum absolute atomic E-state index is 0.0815. The van der Waals surface area contributed by atoms with Gasteiger partial charge in [0.05, 0.1) is 0 Å². The fourth-order valence-electron chi connectivity index (χ4n) is 3.84. The molecule has 0 bridgehead atoms. The Morgan fingerprint density at radius 1 is 0.690 bits per heavy atom. The molecule has 42 heavy (non-hydrogen) atoms. The van der Waals surface area contributed by atoms with Gasteiger partial charge in [0.2, 0.25) is 11.7 Å². The molecule has 0 saturated heterocycles. The van der Waals surface area contributed by atoms with Gasteiger partial charge in [-0.05, 0) is 31.9 Å². The molecular weight excluding hydrogens is 563 g/mol. The van der Waals surface area contributed by atoms with Crippen LogP contribution in [-0.2, 0) is 38.5 Å². The molecule has 0 radical (unpaired) electrons. The lowest BCUT2D eigenvalue weighted by Crippen LogP contribution is -2.54. The van der Waals surface area contributed by atoms with E-state index in [0.29, 0.717) is 11.1 Å². The third-order valence-electron chi connectivity index (χ3n) is 5.82. The summed E-state index contributed by atoms with van der Waals surface area (Å²) in [5.41, 5.74) is -1.14. The summed E-state index contributed by atoms with van der Waals surface area (Å²) >= 11 is 0. The average Bonchev–Trinajstić information content (AvgIpc) is 2.95. The highest BCUT2D eigenvalue weighted by Crippen LogP contribution is 2.24. The van der Waals surface area contributed by atoms with Crippen molar-refractivity contribution < 1.29 is 45.8 Å². The Kier molecular flexibility index (Phi) is 10.6. The number of ether oxygens (including phenoxy) is 2. The molecule has 12 heteroatoms. The first-order valence-corrected chi connectivity index (χ1v) is 12.8. The van der Waals surface area contributed by atoms with Crippen molar-refractivity contribution in [3.63, 3.8) is 0 Å². The Hall–Kier alpha value is -4.48. The molecule has 0 aliphatic rings. The van der Waals surface area contributed by atoms with E-state index in [-0.39, 0.29) is 13.0 Å². The summed E-state index contributed by atoms with van der Waals surface area (Å²) in [5, 5.41) is 4.48. The summed E-state index contributed by atoms with van der Waals surface area (Å²) < 4.78 is 80.9. The van der Waals surface area contributed by atoms with Crippen LogP contribution in [0.5, 0.6) is 0 Å². The Labute approximate surface area is 239 Å². The Bertz CT molecular complexity index is 1390. The second-order valence-corrected chi connectivity index (χ2v) is 10.3. The first kappa shape index (κ1) is 32.0. The summed E-state index contributed by atoms with van der Waals surface area (Å²) in [7, 11) is 0. The van der Waals surface area contributed by atoms with Gasteiger partial charge in [0.25, 0.3) is 0 Å². The number of alkyl carbamates (subject to hydrolysis) is 1. The van der Waals surface area contributed by atoms with Crippen molar-refractivity contribution in [2.75, 3.05) is 0 Å². The van der Waals surface area contributed by atoms with Crippen molar-refractivity contribution in [3.8, 4) is 0 Å². The summed E-state index contributed by atoms with van der Waals surface area (Å²) in [6.45, 7) is 4.38. The number of nitrogens with one attached hydrogen (secondary N) is 2. The van der Waals surface area contributed by atoms with Crippen molar-refractivity contribution in [1.29, 1.82) is 0 Å². The molecule has 0 spiro atoms. The Morgan fingerprint density at radius 3 is 1.71 bits per heavy atom. The maximum absolute atomic E-state index is 14.5. The van der Waals surface area contributed by atoms with Crippen molar-refractivity contribution >= 4 is 18.0 Å². The van der Waals surface area contributed by atoms with E-state index in [1.807, 2.05) is 0 Å². The van der Waals surface area contributed by atoms with E-state index < -0.39 is 76.7 Å². The number of rotatable bonds is 10. The van der Waals surface area contributed by atoms with Crippen LogP contribution in [0.1, 0.15) is 37.5 Å². The van der Waals surface area contributed by atoms with E-state index in [2.05, 4.69) is 10.6 Å². The largest absolute Gasteiger partial charge is 0.459 e. The van der Waals surface area contributed by atoms with Gasteiger partial charge in [-0.3, -0.25) is 4.79 Å². The number of benzene rings is 3. The van der Waals surface area contributed by atoms with Crippen LogP contribution < -0.4 is 10.6 Å². The van der Waals surface area contributed by atoms with Crippen molar-refractivity contribution in [1.82, 2.24) is 10.6 Å². The van der Waals surface area contributed by atoms with E-state index in [1.165, 1.54) is 20.8 Å². The minimum Gasteiger partial charge on any atom is -0.459 e. The normalized spacial score (nSPS) is 12.7. The SMILES string of the molecule is CC(C)(C)OC(=O)N[C@@H](Cc1c(F)c(F)c(F)c(F)c1F)C(=O)N[C@@H](Cc1ccccc1)C(=O)OCc1ccccc1. The number of esters is 1. The molecule has 0 fully saturated rings. The maximum atomic E-state index is 14.5. The topological polar surface area (TPSA) is 93.7 Å². The number of carbonyl (C=O) groups is 3. The molecule has 3 aromatic carbocycles. The quantitative estimate of drug-likeness (QED) is 0.145. The van der Waals surface area contributed by atoms with Crippen molar-refractivity contribution in [2.24, 2.45) is 0 Å². The number of halogens is 5. The molecule has 0 aliphatic carbocycles. The Balaban J connectivity index is 1.91. The third kappa shape index (κ3) is 8.76. The number of carbonyl (C=O) groups excluding carboxylic acids is 3. The van der Waals surface area contributed by atoms with Gasteiger partial charge in [-0.1, -0.05) is 60.7 Å². The lowest BCUT2D eigenvalue weighted by atomic mass is 10.0. The van der Waals surface area contributed by atoms with Crippen LogP contribution in [0.15, 0.2) is 60.7 Å². The van der Waals surface area contributed by atoms with Crippen LogP contribution >= 0.6 is 0 Å². The summed E-state index contributed by atoms with van der Waals surface area (Å²) in [5.74, 6) is -13.2. The molecule has 0 heterocycles. The van der Waals surface area contributed by atoms with E-state index >= 15 is 0 Å². The second-order valence-electron chi connectivity index (χ2n) is 10.3. The highest BCUT2D eigenvalue weighted by molar-refractivity contribution is 5.90. The van der Waals surface area contributed by atoms with Crippen LogP contribution in [0, 0.1) is 29.1 Å². The molecule has 2 N–H and O–H groups in total. The molecule has 3 aromatic rings. The molecule has 0 aromatic heterocycles. The lowest BCUT2D eigenvalue weighted by molar-refractivity contribution is -0.149. The fourth-order valence-corrected chi connectivity index (χ4v) is 3.84. The summed E-state index contributed by atoms with van der Waals surface area (Å²) in [4.78, 5) is 39.0. The lowest BCUT2D eigenvalue weighted by Gasteiger charge is -2.25. The van der Waals surface area contributed by atoms with Gasteiger partial charge in [-0.2, -0.15) is 0 Å². The van der Waals surface area contributed by atoms with Crippen LogP contribution in [0.4, 0.5) is 26.7 Å². The third-order valence-corrected chi connectivity index (χ3v) is 5.82. The average molecular weight is 593 g/mol. The highest BCUT2D eigenvalue weighted by atomic mass is 19.2. The summed E-state index contributed by atoms with van der Waals surface area (Å²) in [6.07, 6.45) is -2.45. The zero-order chi connectivity index (χ0) is 31.0. The van der Waals surface area contributed by atoms with Gasteiger partial charge >= 0.3 is 12.1 Å². The van der Waals surface area contributed by atoms with Gasteiger partial charge in [-0.25, -0.2) is 31.5 Å². The molecule has 7 nitrogen and oxygen atoms in total. The Morgan fingerprint density at radius 2 is 1.19 bits per heavy atom. The van der Waals surface area contributed by atoms with Crippen LogP contribution in [-0.4, -0.2) is 35.7 Å². The minimum atomic E-state index is -2.38. The number of hydrogen-bond donors (Lipinski definition) is 2. The molecule has 2 atom stereocenters. The fraction of sp³-hybridized carbons (Fsp3) is 0.300. The van der Waals surface area contributed by atoms with Crippen molar-refractivity contribution in [3.05, 3.63) is 106 Å². The smallest absolute Gasteiger partial charge is 0.408 e. The zero-order valence-corrected chi connectivity index (χ0v) is 23.0. The molecule has 0 unspecified atom stereocenters. The standard InChI is InChI=1S/C30H29F5N2O5/c1-30(2,3)42-29(40)37-20(15-19-22(31)24(33)26(35)25(34)23(19)32)27(38)36-21(14-17-10-6-4-7-11-17)28(39)41-16-18-12-8-5-9-13-18/h4-13,20-21H,14-16H2,1-3H3,(H,36,38)(H,37,40)/t20-,21-/m0/s1. The molecule has 0 aliphatic heterocycles. The van der Waals surface area contributed by atoms with Crippen LogP contribution in [0.2, 0.25) is 0 Å². The molecule has 0 saturated carbocycles. The van der Waals surface area contributed by atoms with E-state index in [9.17, 15) is 36.3 Å². The predicted octanol–water partition coefficient (Wildman–Crippen LogP) is 5.29. The van der Waals surface area contributed by atoms with Crippen LogP contribution in [0.3, 0.4) is 0 Å². The van der Waals surface area contributed by atoms with Gasteiger partial charge in [0, 0.05) is 18.4 Å². The molecule has 224 valence electrons. The number of hydrogen-bond acceptors (Lipinski definition) is 5. The van der Waals surface area contributed by atoms with Gasteiger partial charge < -0.3 is 20.1 Å². The summed E-state index contributed by atoms with van der Waals surface area (Å²) in [6, 6.07) is 13.9. The second kappa shape index (κ2) is 13.9. The molecular formula is C30H29F5N2O5. The van der Waals surface area contributed by atoms with E-state index in [4.69, 9.17) is 9.47 Å². The molecule has 3 rings (SSSR count). The zero-order valence-electron chi connectivity index (χ0n) is 23.0. The van der Waals surface area contributed by atoms with Gasteiger partial charge in [0.1, 0.15) is 24.3 Å². The highest BCUT2D eigenvalue weighted by Gasteiger charge is 2.33. The number of amides is 2. The first-order valence-electron chi connectivity index (χ1n) is 12.8. The maximum Gasteiger partial charge on any atom is 0.408 e. The van der Waals surface area contributed by atoms with Crippen LogP contribution in [0.25, 0.3) is 0 Å². The van der Waals surface area contributed by atoms with E-state index in [1.54, 1.807) is 60.7 Å². The predicted molar refractivity (Wildman–Crippen MR) is 141 cm³/mol. The molecule has 2 amide bonds. The van der Waals surface area contributed by atoms with Gasteiger partial charge in [-0.15, -0.1) is 0 Å². The first-order chi connectivity index (χ1) is 19.8. The van der Waals surface area contributed by atoms with Crippen molar-refractivity contribution in [2.45, 2.75) is 57.9 Å². The monoisotopic (exact) mass is 592 g/mol. The van der Waals surface area contributed by atoms with E-state index in [0.717, 1.165) is 0 Å². The van der Waals surface area contributed by atoms with Gasteiger partial charge in [0.15, 0.2) is 23.3 Å².